The van der Waals surface area contributed by atoms with Crippen molar-refractivity contribution >= 4 is 17.3 Å². The first-order valence-electron chi connectivity index (χ1n) is 8.73. The van der Waals surface area contributed by atoms with Crippen LogP contribution in [0.4, 0.5) is 0 Å². The van der Waals surface area contributed by atoms with Crippen molar-refractivity contribution in [3.63, 3.8) is 0 Å². The van der Waals surface area contributed by atoms with Gasteiger partial charge >= 0.3 is 0 Å². The molecule has 6 heteroatoms. The summed E-state index contributed by atoms with van der Waals surface area (Å²) in [5, 5.41) is 7.74. The monoisotopic (exact) mass is 360 g/mol. The summed E-state index contributed by atoms with van der Waals surface area (Å²) in [5.74, 6) is 0.805. The van der Waals surface area contributed by atoms with Gasteiger partial charge in [-0.05, 0) is 38.8 Å². The molecule has 0 aliphatic rings. The minimum Gasteiger partial charge on any atom is -0.377 e. The second-order valence-corrected chi connectivity index (χ2v) is 6.99. The predicted molar refractivity (Wildman–Crippen MR) is 105 cm³/mol. The van der Waals surface area contributed by atoms with Crippen LogP contribution < -0.4 is 10.6 Å². The van der Waals surface area contributed by atoms with Gasteiger partial charge in [-0.25, -0.2) is 9.98 Å². The molecule has 1 aromatic heterocycles. The fraction of sp³-hybridized carbons (Fsp3) is 0.474. The van der Waals surface area contributed by atoms with Crippen molar-refractivity contribution in [3.8, 4) is 0 Å². The lowest BCUT2D eigenvalue weighted by atomic mass is 10.1. The van der Waals surface area contributed by atoms with Gasteiger partial charge < -0.3 is 15.4 Å². The average molecular weight is 361 g/mol. The molecule has 0 unspecified atom stereocenters. The van der Waals surface area contributed by atoms with E-state index in [0.717, 1.165) is 23.2 Å². The third kappa shape index (κ3) is 6.14. The van der Waals surface area contributed by atoms with Gasteiger partial charge in [0.2, 0.25) is 0 Å². The Hall–Kier alpha value is -1.92. The number of rotatable bonds is 8. The first kappa shape index (κ1) is 19.4. The van der Waals surface area contributed by atoms with Gasteiger partial charge in [-0.1, -0.05) is 24.3 Å². The Morgan fingerprint density at radius 1 is 1.16 bits per heavy atom. The number of nitrogens with one attached hydrogen (secondary N) is 2. The third-order valence-corrected chi connectivity index (χ3v) is 4.88. The summed E-state index contributed by atoms with van der Waals surface area (Å²) in [6, 6.07) is 8.29. The van der Waals surface area contributed by atoms with Crippen LogP contribution in [0.15, 0.2) is 29.3 Å². The maximum atomic E-state index is 5.55. The van der Waals surface area contributed by atoms with Crippen molar-refractivity contribution < 1.29 is 4.74 Å². The summed E-state index contributed by atoms with van der Waals surface area (Å²) in [6.45, 7) is 11.7. The standard InChI is InChI=1S/C19H28N4OS/c1-5-20-19(22-12-18-23-14(3)15(4)25-18)21-11-16-9-7-8-10-17(16)13-24-6-2/h7-10H,5-6,11-13H2,1-4H3,(H2,20,21,22). The summed E-state index contributed by atoms with van der Waals surface area (Å²) >= 11 is 1.73. The molecule has 2 N–H and O–H groups in total. The maximum Gasteiger partial charge on any atom is 0.191 e. The zero-order valence-corrected chi connectivity index (χ0v) is 16.4. The van der Waals surface area contributed by atoms with Gasteiger partial charge in [0, 0.05) is 18.0 Å². The van der Waals surface area contributed by atoms with Crippen LogP contribution in [0.25, 0.3) is 0 Å². The van der Waals surface area contributed by atoms with E-state index in [0.29, 0.717) is 26.3 Å². The number of nitrogens with zero attached hydrogens (tertiary/aromatic N) is 2. The van der Waals surface area contributed by atoms with E-state index in [-0.39, 0.29) is 0 Å². The van der Waals surface area contributed by atoms with Crippen molar-refractivity contribution in [1.29, 1.82) is 0 Å². The molecule has 2 rings (SSSR count). The molecule has 1 heterocycles. The highest BCUT2D eigenvalue weighted by atomic mass is 32.1. The van der Waals surface area contributed by atoms with Gasteiger partial charge in [0.15, 0.2) is 5.96 Å². The number of aryl methyl sites for hydroxylation is 2. The summed E-state index contributed by atoms with van der Waals surface area (Å²) in [7, 11) is 0. The molecule has 0 saturated heterocycles. The van der Waals surface area contributed by atoms with Crippen LogP contribution in [0.3, 0.4) is 0 Å². The van der Waals surface area contributed by atoms with Crippen molar-refractivity contribution in [2.45, 2.75) is 47.4 Å². The fourth-order valence-electron chi connectivity index (χ4n) is 2.34. The Morgan fingerprint density at radius 3 is 2.56 bits per heavy atom. The van der Waals surface area contributed by atoms with Crippen LogP contribution in [0.2, 0.25) is 0 Å². The van der Waals surface area contributed by atoms with Gasteiger partial charge in [-0.2, -0.15) is 0 Å². The van der Waals surface area contributed by atoms with Crippen LogP contribution in [0.1, 0.15) is 40.6 Å². The Balaban J connectivity index is 2.01. The molecule has 0 atom stereocenters. The first-order chi connectivity index (χ1) is 12.1. The molecule has 0 spiro atoms. The lowest BCUT2D eigenvalue weighted by Gasteiger charge is -2.11. The number of thiazole rings is 1. The molecule has 136 valence electrons. The smallest absolute Gasteiger partial charge is 0.191 e. The summed E-state index contributed by atoms with van der Waals surface area (Å²) in [5.41, 5.74) is 3.48. The normalized spacial score (nSPS) is 11.6. The van der Waals surface area contributed by atoms with Crippen molar-refractivity contribution in [3.05, 3.63) is 51.0 Å². The minimum atomic E-state index is 0.620. The number of hydrogen-bond acceptors (Lipinski definition) is 4. The van der Waals surface area contributed by atoms with Crippen LogP contribution in [-0.2, 0) is 24.4 Å². The van der Waals surface area contributed by atoms with Gasteiger partial charge in [-0.3, -0.25) is 0 Å². The van der Waals surface area contributed by atoms with Gasteiger partial charge in [0.05, 0.1) is 25.4 Å². The molecular weight excluding hydrogens is 332 g/mol. The highest BCUT2D eigenvalue weighted by molar-refractivity contribution is 7.11. The average Bonchev–Trinajstić information content (AvgIpc) is 2.94. The quantitative estimate of drug-likeness (QED) is 0.558. The van der Waals surface area contributed by atoms with E-state index in [2.05, 4.69) is 41.6 Å². The zero-order valence-electron chi connectivity index (χ0n) is 15.6. The lowest BCUT2D eigenvalue weighted by molar-refractivity contribution is 0.133. The molecule has 5 nitrogen and oxygen atoms in total. The zero-order chi connectivity index (χ0) is 18.1. The van der Waals surface area contributed by atoms with Crippen LogP contribution in [0, 0.1) is 13.8 Å². The number of aromatic nitrogens is 1. The molecule has 0 amide bonds. The van der Waals surface area contributed by atoms with E-state index in [4.69, 9.17) is 9.73 Å². The Morgan fingerprint density at radius 2 is 1.92 bits per heavy atom. The number of benzene rings is 1. The Labute approximate surface area is 154 Å². The van der Waals surface area contributed by atoms with E-state index in [1.807, 2.05) is 26.0 Å². The number of guanidine groups is 1. The van der Waals surface area contributed by atoms with Crippen LogP contribution in [-0.4, -0.2) is 24.1 Å². The molecule has 0 saturated carbocycles. The Bertz CT molecular complexity index is 677. The second kappa shape index (κ2) is 10.2. The van der Waals surface area contributed by atoms with E-state index in [1.54, 1.807) is 11.3 Å². The predicted octanol–water partition coefficient (Wildman–Crippen LogP) is 3.55. The van der Waals surface area contributed by atoms with Gasteiger partial charge in [-0.15, -0.1) is 11.3 Å². The van der Waals surface area contributed by atoms with E-state index in [1.165, 1.54) is 16.0 Å². The summed E-state index contributed by atoms with van der Waals surface area (Å²) in [4.78, 5) is 10.5. The number of hydrogen-bond donors (Lipinski definition) is 2. The fourth-order valence-corrected chi connectivity index (χ4v) is 3.22. The number of ether oxygens (including phenoxy) is 1. The van der Waals surface area contributed by atoms with Gasteiger partial charge in [0.1, 0.15) is 5.01 Å². The van der Waals surface area contributed by atoms with E-state index < -0.39 is 0 Å². The lowest BCUT2D eigenvalue weighted by Crippen LogP contribution is -2.36. The van der Waals surface area contributed by atoms with Crippen LogP contribution in [0.5, 0.6) is 0 Å². The molecule has 0 radical (unpaired) electrons. The minimum absolute atomic E-state index is 0.620. The van der Waals surface area contributed by atoms with Crippen molar-refractivity contribution in [1.82, 2.24) is 15.6 Å². The summed E-state index contributed by atoms with van der Waals surface area (Å²) in [6.07, 6.45) is 0. The molecule has 0 bridgehead atoms. The molecule has 0 aliphatic heterocycles. The van der Waals surface area contributed by atoms with Crippen molar-refractivity contribution in [2.24, 2.45) is 4.99 Å². The molecule has 1 aromatic carbocycles. The summed E-state index contributed by atoms with van der Waals surface area (Å²) < 4.78 is 5.55. The molecular formula is C19H28N4OS. The van der Waals surface area contributed by atoms with E-state index >= 15 is 0 Å². The first-order valence-corrected chi connectivity index (χ1v) is 9.55. The van der Waals surface area contributed by atoms with E-state index in [9.17, 15) is 0 Å². The second-order valence-electron chi connectivity index (χ2n) is 5.70. The van der Waals surface area contributed by atoms with Gasteiger partial charge in [0.25, 0.3) is 0 Å². The van der Waals surface area contributed by atoms with Crippen LogP contribution >= 0.6 is 11.3 Å². The maximum absolute atomic E-state index is 5.55. The third-order valence-electron chi connectivity index (χ3n) is 3.81. The van der Waals surface area contributed by atoms with Crippen molar-refractivity contribution in [2.75, 3.05) is 13.2 Å². The topological polar surface area (TPSA) is 58.5 Å². The molecule has 2 aromatic rings. The SMILES string of the molecule is CCNC(=NCc1ccccc1COCC)NCc1nc(C)c(C)s1. The molecule has 0 fully saturated rings. The highest BCUT2D eigenvalue weighted by Gasteiger charge is 2.06. The Kier molecular flexibility index (Phi) is 7.88. The largest absolute Gasteiger partial charge is 0.377 e. The number of aliphatic imine (C=N–C) groups is 1. The molecule has 0 aliphatic carbocycles. The highest BCUT2D eigenvalue weighted by Crippen LogP contribution is 2.16. The molecule has 25 heavy (non-hydrogen) atoms.